The smallest absolute Gasteiger partial charge is 0.317 e. The molecule has 0 aromatic heterocycles. The lowest BCUT2D eigenvalue weighted by molar-refractivity contribution is -0.138. The minimum atomic E-state index is -0.876. The molecule has 7 nitrogen and oxygen atoms in total. The van der Waals surface area contributed by atoms with Crippen molar-refractivity contribution < 1.29 is 24.2 Å². The number of carboxylic acids is 1. The minimum Gasteiger partial charge on any atom is -0.481 e. The first-order chi connectivity index (χ1) is 9.66. The normalized spacial score (nSPS) is 27.1. The molecule has 2 aliphatic heterocycles. The Morgan fingerprint density at radius 2 is 2.25 bits per heavy atom. The average molecular weight is 304 g/mol. The molecule has 2 fully saturated rings. The summed E-state index contributed by atoms with van der Waals surface area (Å²) in [6.07, 6.45) is -0.131. The van der Waals surface area contributed by atoms with Crippen LogP contribution in [0.25, 0.3) is 0 Å². The molecule has 0 aliphatic carbocycles. The summed E-state index contributed by atoms with van der Waals surface area (Å²) in [5, 5.41) is 11.7. The van der Waals surface area contributed by atoms with Crippen molar-refractivity contribution in [3.8, 4) is 0 Å². The monoisotopic (exact) mass is 304 g/mol. The Labute approximate surface area is 122 Å². The lowest BCUT2D eigenvalue weighted by Gasteiger charge is -2.35. The highest BCUT2D eigenvalue weighted by molar-refractivity contribution is 7.99. The second kappa shape index (κ2) is 7.70. The van der Waals surface area contributed by atoms with Crippen LogP contribution in [0.3, 0.4) is 0 Å². The number of carboxylic acid groups (broad SMARTS) is 1. The molecule has 20 heavy (non-hydrogen) atoms. The van der Waals surface area contributed by atoms with E-state index in [1.165, 1.54) is 0 Å². The molecule has 0 aromatic carbocycles. The molecule has 114 valence electrons. The first-order valence-electron chi connectivity index (χ1n) is 6.70. The maximum atomic E-state index is 12.1. The van der Waals surface area contributed by atoms with Gasteiger partial charge in [-0.1, -0.05) is 0 Å². The molecule has 0 aromatic rings. The van der Waals surface area contributed by atoms with Gasteiger partial charge in [0.25, 0.3) is 0 Å². The van der Waals surface area contributed by atoms with E-state index in [0.29, 0.717) is 38.7 Å². The van der Waals surface area contributed by atoms with Gasteiger partial charge in [0.15, 0.2) is 0 Å². The van der Waals surface area contributed by atoms with Crippen LogP contribution in [-0.4, -0.2) is 78.6 Å². The number of nitrogens with zero attached hydrogens (tertiary/aromatic N) is 1. The van der Waals surface area contributed by atoms with Gasteiger partial charge < -0.3 is 24.8 Å². The highest BCUT2D eigenvalue weighted by Gasteiger charge is 2.29. The van der Waals surface area contributed by atoms with Crippen molar-refractivity contribution in [3.05, 3.63) is 0 Å². The van der Waals surface area contributed by atoms with Gasteiger partial charge in [-0.3, -0.25) is 4.79 Å². The van der Waals surface area contributed by atoms with E-state index in [9.17, 15) is 9.59 Å². The van der Waals surface area contributed by atoms with Crippen molar-refractivity contribution in [2.45, 2.75) is 18.6 Å². The lowest BCUT2D eigenvalue weighted by Crippen LogP contribution is -2.53. The van der Waals surface area contributed by atoms with Crippen molar-refractivity contribution in [2.75, 3.05) is 44.4 Å². The molecule has 2 N–H and O–H groups in total. The summed E-state index contributed by atoms with van der Waals surface area (Å²) in [6, 6.07) is -0.458. The molecule has 2 aliphatic rings. The second-order valence-electron chi connectivity index (χ2n) is 4.77. The van der Waals surface area contributed by atoms with E-state index >= 15 is 0 Å². The van der Waals surface area contributed by atoms with Crippen molar-refractivity contribution in [3.63, 3.8) is 0 Å². The summed E-state index contributed by atoms with van der Waals surface area (Å²) in [7, 11) is 0. The molecule has 2 heterocycles. The molecule has 0 bridgehead atoms. The molecule has 0 saturated carbocycles. The minimum absolute atomic E-state index is 0.0105. The molecule has 2 atom stereocenters. The van der Waals surface area contributed by atoms with E-state index in [1.54, 1.807) is 16.7 Å². The number of urea groups is 1. The highest BCUT2D eigenvalue weighted by Crippen LogP contribution is 2.19. The fraction of sp³-hybridized carbons (Fsp3) is 0.833. The van der Waals surface area contributed by atoms with Crippen molar-refractivity contribution in [1.29, 1.82) is 0 Å². The number of thioether (sulfide) groups is 1. The summed E-state index contributed by atoms with van der Waals surface area (Å²) in [4.78, 5) is 24.6. The maximum Gasteiger partial charge on any atom is 0.317 e. The van der Waals surface area contributed by atoms with E-state index in [-0.39, 0.29) is 24.6 Å². The highest BCUT2D eigenvalue weighted by atomic mass is 32.2. The molecule has 2 unspecified atom stereocenters. The molecule has 0 radical (unpaired) electrons. The summed E-state index contributed by atoms with van der Waals surface area (Å²) < 4.78 is 10.7. The fourth-order valence-corrected chi connectivity index (χ4v) is 3.31. The molecule has 2 rings (SSSR count). The zero-order chi connectivity index (χ0) is 14.4. The summed E-state index contributed by atoms with van der Waals surface area (Å²) in [6.45, 7) is 2.59. The van der Waals surface area contributed by atoms with Crippen LogP contribution in [0.2, 0.25) is 0 Å². The van der Waals surface area contributed by atoms with Gasteiger partial charge in [0.2, 0.25) is 0 Å². The quantitative estimate of drug-likeness (QED) is 0.760. The van der Waals surface area contributed by atoms with Crippen LogP contribution < -0.4 is 5.32 Å². The number of hydrogen-bond acceptors (Lipinski definition) is 5. The van der Waals surface area contributed by atoms with Crippen molar-refractivity contribution in [1.82, 2.24) is 10.2 Å². The number of amides is 2. The van der Waals surface area contributed by atoms with Gasteiger partial charge in [-0.15, -0.1) is 0 Å². The largest absolute Gasteiger partial charge is 0.481 e. The summed E-state index contributed by atoms with van der Waals surface area (Å²) >= 11 is 1.68. The van der Waals surface area contributed by atoms with Gasteiger partial charge in [0, 0.05) is 24.6 Å². The number of carbonyl (C=O) groups is 2. The molecular weight excluding hydrogens is 284 g/mol. The zero-order valence-corrected chi connectivity index (χ0v) is 12.1. The lowest BCUT2D eigenvalue weighted by atomic mass is 10.2. The number of nitrogens with one attached hydrogen (secondary N) is 1. The van der Waals surface area contributed by atoms with Gasteiger partial charge in [-0.25, -0.2) is 4.79 Å². The Morgan fingerprint density at radius 3 is 2.95 bits per heavy atom. The van der Waals surface area contributed by atoms with E-state index in [2.05, 4.69) is 5.32 Å². The first kappa shape index (κ1) is 15.4. The predicted octanol–water partition coefficient (Wildman–Crippen LogP) is 0.00350. The van der Waals surface area contributed by atoms with Crippen LogP contribution in [0.4, 0.5) is 4.79 Å². The second-order valence-corrected chi connectivity index (χ2v) is 5.92. The molecular formula is C12H20N2O5S. The van der Waals surface area contributed by atoms with Gasteiger partial charge in [0.05, 0.1) is 38.4 Å². The van der Waals surface area contributed by atoms with Gasteiger partial charge >= 0.3 is 12.0 Å². The average Bonchev–Trinajstić information content (AvgIpc) is 2.46. The van der Waals surface area contributed by atoms with Crippen molar-refractivity contribution in [2.24, 2.45) is 0 Å². The third kappa shape index (κ3) is 4.53. The van der Waals surface area contributed by atoms with Crippen LogP contribution in [-0.2, 0) is 14.3 Å². The molecule has 0 spiro atoms. The SMILES string of the molecule is O=C(O)CC1CSCCN1C(=O)NCC1COCCO1. The van der Waals surface area contributed by atoms with Gasteiger partial charge in [-0.05, 0) is 0 Å². The number of hydrogen-bond donors (Lipinski definition) is 2. The Morgan fingerprint density at radius 1 is 1.40 bits per heavy atom. The van der Waals surface area contributed by atoms with E-state index < -0.39 is 5.97 Å². The third-order valence-electron chi connectivity index (χ3n) is 3.26. The fourth-order valence-electron chi connectivity index (χ4n) is 2.25. The Bertz CT molecular complexity index is 349. The zero-order valence-electron chi connectivity index (χ0n) is 11.2. The van der Waals surface area contributed by atoms with Gasteiger partial charge in [-0.2, -0.15) is 11.8 Å². The van der Waals surface area contributed by atoms with Gasteiger partial charge in [0.1, 0.15) is 0 Å². The van der Waals surface area contributed by atoms with Crippen LogP contribution in [0, 0.1) is 0 Å². The number of aliphatic carboxylic acids is 1. The maximum absolute atomic E-state index is 12.1. The molecule has 8 heteroatoms. The summed E-state index contributed by atoms with van der Waals surface area (Å²) in [5.41, 5.74) is 0. The van der Waals surface area contributed by atoms with Crippen LogP contribution in [0.5, 0.6) is 0 Å². The Balaban J connectivity index is 1.80. The van der Waals surface area contributed by atoms with Crippen LogP contribution in [0.15, 0.2) is 0 Å². The van der Waals surface area contributed by atoms with E-state index in [1.807, 2.05) is 0 Å². The Hall–Kier alpha value is -0.990. The molecule has 2 saturated heterocycles. The van der Waals surface area contributed by atoms with Crippen LogP contribution >= 0.6 is 11.8 Å². The topological polar surface area (TPSA) is 88.1 Å². The number of carbonyl (C=O) groups excluding carboxylic acids is 1. The number of rotatable bonds is 4. The van der Waals surface area contributed by atoms with Crippen molar-refractivity contribution >= 4 is 23.8 Å². The molecule has 2 amide bonds. The van der Waals surface area contributed by atoms with Crippen LogP contribution in [0.1, 0.15) is 6.42 Å². The first-order valence-corrected chi connectivity index (χ1v) is 7.85. The standard InChI is InChI=1S/C12H20N2O5S/c15-11(16)5-9-8-20-4-1-14(9)12(17)13-6-10-7-18-2-3-19-10/h9-10H,1-8H2,(H,13,17)(H,15,16). The number of ether oxygens (including phenoxy) is 2. The third-order valence-corrected chi connectivity index (χ3v) is 4.36. The predicted molar refractivity (Wildman–Crippen MR) is 74.0 cm³/mol. The summed E-state index contributed by atoms with van der Waals surface area (Å²) in [5.74, 6) is 0.634. The van der Waals surface area contributed by atoms with E-state index in [4.69, 9.17) is 14.6 Å². The van der Waals surface area contributed by atoms with E-state index in [0.717, 1.165) is 5.75 Å². The Kier molecular flexibility index (Phi) is 5.93.